The van der Waals surface area contributed by atoms with Crippen LogP contribution in [-0.4, -0.2) is 19.7 Å². The van der Waals surface area contributed by atoms with Crippen molar-refractivity contribution in [1.82, 2.24) is 13.7 Å². The number of benzene rings is 24. The Morgan fingerprint density at radius 2 is 0.473 bits per heavy atom. The summed E-state index contributed by atoms with van der Waals surface area (Å²) >= 11 is 0. The molecule has 4 heteroatoms. The van der Waals surface area contributed by atoms with E-state index in [2.05, 4.69) is 552 Å². The summed E-state index contributed by atoms with van der Waals surface area (Å²) in [4.78, 5) is 2.61. The number of allylic oxidation sites excluding steroid dienone is 5. The van der Waals surface area contributed by atoms with E-state index in [1.165, 1.54) is 203 Å². The number of fused-ring (bicyclic) bond motifs is 17. The van der Waals surface area contributed by atoms with Crippen LogP contribution < -0.4 is 4.90 Å². The van der Waals surface area contributed by atoms with Gasteiger partial charge in [0.1, 0.15) is 0 Å². The molecule has 0 saturated heterocycles. The zero-order valence-electron chi connectivity index (χ0n) is 81.2. The van der Waals surface area contributed by atoms with Crippen molar-refractivity contribution in [1.29, 1.82) is 0 Å². The number of hydrogen-bond acceptors (Lipinski definition) is 1. The van der Waals surface area contributed by atoms with Crippen LogP contribution in [0, 0.1) is 5.92 Å². The summed E-state index contributed by atoms with van der Waals surface area (Å²) in [5.41, 5.74) is 40.6. The predicted molar refractivity (Wildman–Crippen MR) is 628 cm³/mol. The first-order valence-electron chi connectivity index (χ1n) is 51.8. The molecule has 0 radical (unpaired) electrons. The van der Waals surface area contributed by atoms with Gasteiger partial charge in [0.05, 0.1) is 39.1 Å². The lowest BCUT2D eigenvalue weighted by atomic mass is 9.81. The molecule has 4 nitrogen and oxygen atoms in total. The molecule has 3 aliphatic rings. The Kier molecular flexibility index (Phi) is 19.7. The Morgan fingerprint density at radius 3 is 0.919 bits per heavy atom. The minimum atomic E-state index is 0.238. The lowest BCUT2D eigenvalue weighted by Gasteiger charge is -2.31. The number of hydrogen-bond donors (Lipinski definition) is 0. The molecule has 0 spiro atoms. The van der Waals surface area contributed by atoms with E-state index < -0.39 is 0 Å². The van der Waals surface area contributed by atoms with E-state index >= 15 is 0 Å². The largest absolute Gasteiger partial charge is 0.337 e. The van der Waals surface area contributed by atoms with Crippen LogP contribution in [0.1, 0.15) is 18.4 Å². The number of nitrogens with zero attached hydrogens (tertiary/aromatic N) is 4. The second kappa shape index (κ2) is 34.4. The van der Waals surface area contributed by atoms with Crippen molar-refractivity contribution in [3.05, 3.63) is 551 Å². The summed E-state index contributed by atoms with van der Waals surface area (Å²) in [7, 11) is 0. The summed E-state index contributed by atoms with van der Waals surface area (Å²) in [6.07, 6.45) is 13.8. The smallest absolute Gasteiger partial charge is 0.0626 e. The maximum absolute atomic E-state index is 2.61. The van der Waals surface area contributed by atoms with Crippen molar-refractivity contribution in [3.8, 4) is 128 Å². The summed E-state index contributed by atoms with van der Waals surface area (Å²) in [6.45, 7) is 0. The van der Waals surface area contributed by atoms with Gasteiger partial charge >= 0.3 is 0 Å². The third-order valence-corrected chi connectivity index (χ3v) is 32.2. The third kappa shape index (κ3) is 13.6. The van der Waals surface area contributed by atoms with Gasteiger partial charge in [-0.25, -0.2) is 0 Å². The molecule has 0 saturated carbocycles. The van der Waals surface area contributed by atoms with Gasteiger partial charge < -0.3 is 18.6 Å². The predicted octanol–water partition coefficient (Wildman–Crippen LogP) is 38.6. The molecule has 148 heavy (non-hydrogen) atoms. The van der Waals surface area contributed by atoms with Crippen LogP contribution in [-0.2, 0) is 0 Å². The van der Waals surface area contributed by atoms with Crippen LogP contribution in [0.2, 0.25) is 0 Å². The van der Waals surface area contributed by atoms with Crippen molar-refractivity contribution in [2.75, 3.05) is 4.90 Å². The van der Waals surface area contributed by atoms with E-state index in [1.807, 2.05) is 0 Å². The average molecular weight is 1880 g/mol. The third-order valence-electron chi connectivity index (χ3n) is 32.2. The summed E-state index contributed by atoms with van der Waals surface area (Å²) in [5.74, 6) is 0.265. The molecule has 1 aliphatic heterocycles. The van der Waals surface area contributed by atoms with Crippen molar-refractivity contribution in [3.63, 3.8) is 0 Å². The van der Waals surface area contributed by atoms with Gasteiger partial charge in [-0.3, -0.25) is 0 Å². The Hall–Kier alpha value is -19.0. The maximum atomic E-state index is 2.61. The fourth-order valence-electron chi connectivity index (χ4n) is 25.6. The molecule has 2 atom stereocenters. The Balaban J connectivity index is 0.581. The van der Waals surface area contributed by atoms with Gasteiger partial charge in [0.25, 0.3) is 0 Å². The molecule has 4 heterocycles. The van der Waals surface area contributed by atoms with Crippen LogP contribution in [0.4, 0.5) is 5.69 Å². The van der Waals surface area contributed by atoms with Crippen molar-refractivity contribution in [2.45, 2.75) is 18.9 Å². The SMILES string of the molecule is C1=CC2C3=C(CCC(c4ccc5c(-c6cccc7ccccc67)c6cc(-c7ccc8c(c7)c7cc(-c9ccc%10c%11cc(-c%12ccc%13c(-c%14ccccc%14-c%14ccccc%14)c%14cc(-c%15ccc%16c(c%15)c%15ccccc%15n%16-c%15ccccc%15)ccc%14c(-c%14ccccc%14-c%14ccccc%14)c%13c%12)ccc%11n(-c%11ccccc%11)c%10c9)ccc7n8-c7ccccc7)ccc6c(-c6cccc7ccccc67)c5c4)=C3)N(c3ccccc3)C2C=C1. The molecule has 2 aliphatic carbocycles. The molecule has 0 fully saturated rings. The molecule has 3 aromatic heterocycles. The lowest BCUT2D eigenvalue weighted by Crippen LogP contribution is -2.32. The van der Waals surface area contributed by atoms with Crippen molar-refractivity contribution in [2.24, 2.45) is 5.92 Å². The molecule has 0 amide bonds. The molecular weight excluding hydrogens is 1790 g/mol. The van der Waals surface area contributed by atoms with E-state index in [9.17, 15) is 0 Å². The average Bonchev–Trinajstić information content (AvgIpc) is 0.918. The molecule has 30 rings (SSSR count). The lowest BCUT2D eigenvalue weighted by molar-refractivity contribution is 0.681. The minimum absolute atomic E-state index is 0.238. The Labute approximate surface area is 857 Å². The van der Waals surface area contributed by atoms with Crippen LogP contribution in [0.25, 0.3) is 264 Å². The van der Waals surface area contributed by atoms with Crippen molar-refractivity contribution >= 4 is 141 Å². The highest BCUT2D eigenvalue weighted by Gasteiger charge is 2.41. The van der Waals surface area contributed by atoms with Gasteiger partial charge in [0, 0.05) is 66.7 Å². The monoisotopic (exact) mass is 1880 g/mol. The first kappa shape index (κ1) is 84.7. The van der Waals surface area contributed by atoms with Crippen LogP contribution in [0.3, 0.4) is 0 Å². The first-order valence-corrected chi connectivity index (χ1v) is 51.8. The summed E-state index contributed by atoms with van der Waals surface area (Å²) in [5, 5.41) is 21.7. The molecule has 2 unspecified atom stereocenters. The highest BCUT2D eigenvalue weighted by atomic mass is 15.2. The maximum Gasteiger partial charge on any atom is 0.0626 e. The van der Waals surface area contributed by atoms with E-state index in [0.29, 0.717) is 0 Å². The van der Waals surface area contributed by atoms with E-state index in [1.54, 1.807) is 0 Å². The molecule has 24 aromatic carbocycles. The Bertz CT molecular complexity index is 10300. The fraction of sp³-hybridized carbons (Fsp3) is 0.0278. The second-order valence-electron chi connectivity index (χ2n) is 40.2. The van der Waals surface area contributed by atoms with E-state index in [-0.39, 0.29) is 12.0 Å². The number of para-hydroxylation sites is 5. The fourth-order valence-corrected chi connectivity index (χ4v) is 25.6. The van der Waals surface area contributed by atoms with Gasteiger partial charge in [-0.2, -0.15) is 0 Å². The van der Waals surface area contributed by atoms with Gasteiger partial charge in [-0.15, -0.1) is 0 Å². The number of anilines is 1. The minimum Gasteiger partial charge on any atom is -0.337 e. The highest BCUT2D eigenvalue weighted by molar-refractivity contribution is 6.29. The van der Waals surface area contributed by atoms with E-state index in [4.69, 9.17) is 0 Å². The number of aromatic nitrogens is 3. The first-order chi connectivity index (χ1) is 73.4. The molecule has 27 aromatic rings. The Morgan fingerprint density at radius 1 is 0.176 bits per heavy atom. The molecular formula is C144H94N4. The molecule has 0 N–H and O–H groups in total. The van der Waals surface area contributed by atoms with Gasteiger partial charge in [0.2, 0.25) is 0 Å². The normalized spacial score (nSPS) is 14.1. The van der Waals surface area contributed by atoms with Crippen molar-refractivity contribution < 1.29 is 0 Å². The highest BCUT2D eigenvalue weighted by Crippen LogP contribution is 2.56. The molecule has 690 valence electrons. The standard InChI is InChI=1S/C144H94N4/c1-7-33-91(34-8-1)109-51-23-25-55-116(109)141-121-73-63-97(87-130(121)142(117-56-26-24-52-110(117)92-35-9-2-10-36-92)120-72-62-95(86-129(120)141)99-66-76-135-124(81-99)113-53-27-29-59-133(113)145(135)105-41-11-3-12-42-105)101-68-78-137-126(83-101)115-71-61-104(90-140(115)148(137)108-47-17-6-18-48-108)103-70-80-139-128(85-103)127-84-102(69-79-138(127)147(139)107-45-15-5-16-46-107)98-65-75-123-132(89-98)144(119-58-32-40-94-38-20-22-50-112(94)119)122-74-64-96(88-131(122)143(123)118-57-31-39-93-37-19-21-49-111(93)118)100-67-77-136-125(82-100)114-54-28-30-60-134(114)146(136)106-43-13-4-14-44-106/h1-66,68-76,78-90,114,134H,67,77H2. The quantitative estimate of drug-likeness (QED) is 0.0936. The van der Waals surface area contributed by atoms with Crippen LogP contribution in [0.5, 0.6) is 0 Å². The topological polar surface area (TPSA) is 18.0 Å². The summed E-state index contributed by atoms with van der Waals surface area (Å²) < 4.78 is 7.36. The van der Waals surface area contributed by atoms with Crippen LogP contribution in [0.15, 0.2) is 545 Å². The summed E-state index contributed by atoms with van der Waals surface area (Å²) in [6, 6.07) is 190. The molecule has 0 bridgehead atoms. The zero-order valence-corrected chi connectivity index (χ0v) is 81.2. The van der Waals surface area contributed by atoms with Gasteiger partial charge in [-0.1, -0.05) is 400 Å². The number of rotatable bonds is 15. The van der Waals surface area contributed by atoms with E-state index in [0.717, 1.165) is 96.5 Å². The van der Waals surface area contributed by atoms with Crippen LogP contribution >= 0.6 is 0 Å². The second-order valence-corrected chi connectivity index (χ2v) is 40.2. The zero-order chi connectivity index (χ0) is 97.1. The van der Waals surface area contributed by atoms with Gasteiger partial charge in [-0.05, 0) is 339 Å². The van der Waals surface area contributed by atoms with Gasteiger partial charge in [0.15, 0.2) is 0 Å².